The lowest BCUT2D eigenvalue weighted by molar-refractivity contribution is 0.108. The summed E-state index contributed by atoms with van der Waals surface area (Å²) in [5, 5.41) is 9.98. The third kappa shape index (κ3) is 3.11. The fourth-order valence-electron chi connectivity index (χ4n) is 1.75. The zero-order valence-electron chi connectivity index (χ0n) is 10.8. The molecule has 2 aromatic rings. The minimum atomic E-state index is -0.590. The molecule has 0 saturated heterocycles. The van der Waals surface area contributed by atoms with Crippen molar-refractivity contribution in [2.24, 2.45) is 0 Å². The Hall–Kier alpha value is -1.80. The molecule has 0 radical (unpaired) electrons. The van der Waals surface area contributed by atoms with Gasteiger partial charge < -0.3 is 9.84 Å². The van der Waals surface area contributed by atoms with Gasteiger partial charge in [0.1, 0.15) is 18.5 Å². The zero-order valence-corrected chi connectivity index (χ0v) is 10.8. The van der Waals surface area contributed by atoms with Gasteiger partial charge in [0, 0.05) is 0 Å². The van der Waals surface area contributed by atoms with Gasteiger partial charge in [-0.05, 0) is 42.7 Å². The van der Waals surface area contributed by atoms with Gasteiger partial charge in [0.25, 0.3) is 0 Å². The largest absolute Gasteiger partial charge is 0.491 e. The lowest BCUT2D eigenvalue weighted by Gasteiger charge is -2.13. The summed E-state index contributed by atoms with van der Waals surface area (Å²) < 4.78 is 5.61. The first-order valence-corrected chi connectivity index (χ1v) is 6.10. The van der Waals surface area contributed by atoms with E-state index in [1.807, 2.05) is 48.5 Å². The van der Waals surface area contributed by atoms with Crippen molar-refractivity contribution < 1.29 is 9.84 Å². The Labute approximate surface area is 108 Å². The summed E-state index contributed by atoms with van der Waals surface area (Å²) >= 11 is 0. The molecule has 2 nitrogen and oxygen atoms in total. The number of aliphatic hydroxyl groups excluding tert-OH is 1. The number of benzene rings is 2. The van der Waals surface area contributed by atoms with E-state index in [-0.39, 0.29) is 6.61 Å². The molecule has 1 unspecified atom stereocenters. The first-order valence-electron chi connectivity index (χ1n) is 6.10. The Morgan fingerprint density at radius 2 is 1.72 bits per heavy atom. The second kappa shape index (κ2) is 5.69. The van der Waals surface area contributed by atoms with Crippen LogP contribution in [0.25, 0.3) is 0 Å². The molecule has 18 heavy (non-hydrogen) atoms. The van der Waals surface area contributed by atoms with E-state index in [0.29, 0.717) is 0 Å². The van der Waals surface area contributed by atoms with Crippen molar-refractivity contribution in [2.75, 3.05) is 6.61 Å². The second-order valence-corrected chi connectivity index (χ2v) is 4.48. The average molecular weight is 242 g/mol. The standard InChI is InChI=1S/C16H18O2/c1-12-8-9-15(10-13(12)2)18-11-16(17)14-6-4-3-5-7-14/h3-10,16-17H,11H2,1-2H3. The highest BCUT2D eigenvalue weighted by atomic mass is 16.5. The van der Waals surface area contributed by atoms with Crippen LogP contribution in [0, 0.1) is 13.8 Å². The van der Waals surface area contributed by atoms with Crippen LogP contribution in [-0.4, -0.2) is 11.7 Å². The smallest absolute Gasteiger partial charge is 0.119 e. The van der Waals surface area contributed by atoms with Crippen LogP contribution in [0.5, 0.6) is 5.75 Å². The quantitative estimate of drug-likeness (QED) is 0.890. The molecule has 0 saturated carbocycles. The predicted molar refractivity (Wildman–Crippen MR) is 72.8 cm³/mol. The number of ether oxygens (including phenoxy) is 1. The van der Waals surface area contributed by atoms with Crippen LogP contribution in [0.3, 0.4) is 0 Å². The number of hydrogen-bond donors (Lipinski definition) is 1. The Kier molecular flexibility index (Phi) is 4.00. The fourth-order valence-corrected chi connectivity index (χ4v) is 1.75. The monoisotopic (exact) mass is 242 g/mol. The van der Waals surface area contributed by atoms with Crippen LogP contribution < -0.4 is 4.74 Å². The molecule has 2 heteroatoms. The lowest BCUT2D eigenvalue weighted by atomic mass is 10.1. The maximum atomic E-state index is 9.98. The van der Waals surface area contributed by atoms with Gasteiger partial charge in [-0.15, -0.1) is 0 Å². The third-order valence-electron chi connectivity index (χ3n) is 3.07. The van der Waals surface area contributed by atoms with Crippen molar-refractivity contribution >= 4 is 0 Å². The summed E-state index contributed by atoms with van der Waals surface area (Å²) in [6.45, 7) is 4.39. The van der Waals surface area contributed by atoms with Crippen LogP contribution in [-0.2, 0) is 0 Å². The van der Waals surface area contributed by atoms with Gasteiger partial charge in [-0.2, -0.15) is 0 Å². The highest BCUT2D eigenvalue weighted by molar-refractivity contribution is 5.33. The van der Waals surface area contributed by atoms with Gasteiger partial charge in [-0.1, -0.05) is 36.4 Å². The maximum absolute atomic E-state index is 9.98. The van der Waals surface area contributed by atoms with Crippen LogP contribution >= 0.6 is 0 Å². The van der Waals surface area contributed by atoms with Crippen molar-refractivity contribution in [2.45, 2.75) is 20.0 Å². The summed E-state index contributed by atoms with van der Waals surface area (Å²) in [7, 11) is 0. The van der Waals surface area contributed by atoms with E-state index in [2.05, 4.69) is 13.8 Å². The van der Waals surface area contributed by atoms with E-state index in [1.165, 1.54) is 11.1 Å². The van der Waals surface area contributed by atoms with Gasteiger partial charge in [-0.3, -0.25) is 0 Å². The molecule has 0 aliphatic rings. The van der Waals surface area contributed by atoms with Crippen LogP contribution in [0.1, 0.15) is 22.8 Å². The molecule has 0 fully saturated rings. The van der Waals surface area contributed by atoms with Gasteiger partial charge in [-0.25, -0.2) is 0 Å². The molecular formula is C16H18O2. The number of aryl methyl sites for hydroxylation is 2. The Morgan fingerprint density at radius 3 is 2.39 bits per heavy atom. The van der Waals surface area contributed by atoms with Gasteiger partial charge in [0.2, 0.25) is 0 Å². The van der Waals surface area contributed by atoms with E-state index >= 15 is 0 Å². The van der Waals surface area contributed by atoms with Crippen molar-refractivity contribution in [3.05, 3.63) is 65.2 Å². The van der Waals surface area contributed by atoms with E-state index in [0.717, 1.165) is 11.3 Å². The van der Waals surface area contributed by atoms with Crippen molar-refractivity contribution in [1.82, 2.24) is 0 Å². The molecule has 2 aromatic carbocycles. The Balaban J connectivity index is 1.97. The van der Waals surface area contributed by atoms with E-state index < -0.39 is 6.10 Å². The Bertz CT molecular complexity index is 506. The predicted octanol–water partition coefficient (Wildman–Crippen LogP) is 3.42. The third-order valence-corrected chi connectivity index (χ3v) is 3.07. The number of aliphatic hydroxyl groups is 1. The normalized spacial score (nSPS) is 12.2. The molecular weight excluding hydrogens is 224 g/mol. The van der Waals surface area contributed by atoms with E-state index in [4.69, 9.17) is 4.74 Å². The first-order chi connectivity index (χ1) is 8.66. The Morgan fingerprint density at radius 1 is 1.00 bits per heavy atom. The summed E-state index contributed by atoms with van der Waals surface area (Å²) in [6.07, 6.45) is -0.590. The highest BCUT2D eigenvalue weighted by Gasteiger charge is 2.07. The summed E-state index contributed by atoms with van der Waals surface area (Å²) in [5.74, 6) is 0.799. The molecule has 0 heterocycles. The molecule has 0 spiro atoms. The van der Waals surface area contributed by atoms with Gasteiger partial charge in [0.15, 0.2) is 0 Å². The summed E-state index contributed by atoms with van der Waals surface area (Å²) in [4.78, 5) is 0. The highest BCUT2D eigenvalue weighted by Crippen LogP contribution is 2.19. The van der Waals surface area contributed by atoms with Crippen molar-refractivity contribution in [3.63, 3.8) is 0 Å². The zero-order chi connectivity index (χ0) is 13.0. The maximum Gasteiger partial charge on any atom is 0.119 e. The molecule has 0 aliphatic carbocycles. The van der Waals surface area contributed by atoms with Crippen LogP contribution in [0.2, 0.25) is 0 Å². The van der Waals surface area contributed by atoms with E-state index in [1.54, 1.807) is 0 Å². The summed E-state index contributed by atoms with van der Waals surface area (Å²) in [5.41, 5.74) is 3.31. The SMILES string of the molecule is Cc1ccc(OCC(O)c2ccccc2)cc1C. The second-order valence-electron chi connectivity index (χ2n) is 4.48. The minimum absolute atomic E-state index is 0.270. The molecule has 1 atom stereocenters. The number of rotatable bonds is 4. The molecule has 0 amide bonds. The van der Waals surface area contributed by atoms with Crippen molar-refractivity contribution in [3.8, 4) is 5.75 Å². The lowest BCUT2D eigenvalue weighted by Crippen LogP contribution is -2.09. The first kappa shape index (κ1) is 12.7. The summed E-state index contributed by atoms with van der Waals surface area (Å²) in [6, 6.07) is 15.5. The van der Waals surface area contributed by atoms with E-state index in [9.17, 15) is 5.11 Å². The van der Waals surface area contributed by atoms with Gasteiger partial charge in [0.05, 0.1) is 0 Å². The molecule has 2 rings (SSSR count). The van der Waals surface area contributed by atoms with Crippen molar-refractivity contribution in [1.29, 1.82) is 0 Å². The van der Waals surface area contributed by atoms with Gasteiger partial charge >= 0.3 is 0 Å². The minimum Gasteiger partial charge on any atom is -0.491 e. The molecule has 0 bridgehead atoms. The molecule has 0 aliphatic heterocycles. The van der Waals surface area contributed by atoms with Crippen LogP contribution in [0.15, 0.2) is 48.5 Å². The van der Waals surface area contributed by atoms with Crippen LogP contribution in [0.4, 0.5) is 0 Å². The fraction of sp³-hybridized carbons (Fsp3) is 0.250. The molecule has 1 N–H and O–H groups in total. The molecule has 94 valence electrons. The topological polar surface area (TPSA) is 29.5 Å². The average Bonchev–Trinajstić information content (AvgIpc) is 2.41. The molecule has 0 aromatic heterocycles. The number of hydrogen-bond acceptors (Lipinski definition) is 2.